The van der Waals surface area contributed by atoms with Crippen LogP contribution >= 0.6 is 0 Å². The number of amides is 1. The third kappa shape index (κ3) is 3.75. The van der Waals surface area contributed by atoms with Gasteiger partial charge in [0.05, 0.1) is 0 Å². The zero-order valence-electron chi connectivity index (χ0n) is 10.5. The molecule has 0 radical (unpaired) electrons. The number of carbonyl (C=O) groups is 2. The highest BCUT2D eigenvalue weighted by molar-refractivity contribution is 5.96. The molecule has 2 rings (SSSR count). The molecule has 19 heavy (non-hydrogen) atoms. The molecule has 0 aliphatic carbocycles. The SMILES string of the molecule is O=C(NCCC1CCOC1)c1ccnc(C(=O)O)c1. The lowest BCUT2D eigenvalue weighted by Gasteiger charge is -2.09. The van der Waals surface area contributed by atoms with Crippen LogP contribution in [0, 0.1) is 5.92 Å². The average Bonchev–Trinajstić information content (AvgIpc) is 2.92. The van der Waals surface area contributed by atoms with Crippen LogP contribution in [-0.4, -0.2) is 41.7 Å². The van der Waals surface area contributed by atoms with Gasteiger partial charge in [0, 0.05) is 31.5 Å². The van der Waals surface area contributed by atoms with E-state index in [1.54, 1.807) is 0 Å². The van der Waals surface area contributed by atoms with Crippen molar-refractivity contribution in [1.29, 1.82) is 0 Å². The highest BCUT2D eigenvalue weighted by Gasteiger charge is 2.16. The van der Waals surface area contributed by atoms with E-state index >= 15 is 0 Å². The van der Waals surface area contributed by atoms with Gasteiger partial charge in [-0.2, -0.15) is 0 Å². The summed E-state index contributed by atoms with van der Waals surface area (Å²) in [7, 11) is 0. The summed E-state index contributed by atoms with van der Waals surface area (Å²) in [6.07, 6.45) is 3.24. The number of aromatic nitrogens is 1. The predicted octanol–water partition coefficient (Wildman–Crippen LogP) is 0.936. The van der Waals surface area contributed by atoms with Crippen LogP contribution in [-0.2, 0) is 4.74 Å². The van der Waals surface area contributed by atoms with E-state index in [-0.39, 0.29) is 11.6 Å². The minimum atomic E-state index is -1.14. The summed E-state index contributed by atoms with van der Waals surface area (Å²) >= 11 is 0. The van der Waals surface area contributed by atoms with E-state index in [1.165, 1.54) is 18.3 Å². The zero-order chi connectivity index (χ0) is 13.7. The van der Waals surface area contributed by atoms with Gasteiger partial charge in [-0.05, 0) is 30.9 Å². The Kier molecular flexibility index (Phi) is 4.46. The van der Waals surface area contributed by atoms with Crippen molar-refractivity contribution in [3.63, 3.8) is 0 Å². The molecule has 6 heteroatoms. The number of nitrogens with one attached hydrogen (secondary N) is 1. The predicted molar refractivity (Wildman–Crippen MR) is 67.1 cm³/mol. The average molecular weight is 264 g/mol. The number of nitrogens with zero attached hydrogens (tertiary/aromatic N) is 1. The number of aromatic carboxylic acids is 1. The Morgan fingerprint density at radius 2 is 2.37 bits per heavy atom. The Balaban J connectivity index is 1.85. The molecule has 1 saturated heterocycles. The van der Waals surface area contributed by atoms with Gasteiger partial charge < -0.3 is 15.2 Å². The molecule has 0 bridgehead atoms. The molecule has 0 aromatic carbocycles. The summed E-state index contributed by atoms with van der Waals surface area (Å²) < 4.78 is 5.26. The molecule has 1 fully saturated rings. The fourth-order valence-electron chi connectivity index (χ4n) is 1.99. The van der Waals surface area contributed by atoms with E-state index in [0.717, 1.165) is 26.1 Å². The van der Waals surface area contributed by atoms with Crippen LogP contribution in [0.2, 0.25) is 0 Å². The van der Waals surface area contributed by atoms with E-state index in [2.05, 4.69) is 10.3 Å². The van der Waals surface area contributed by atoms with Gasteiger partial charge in [-0.3, -0.25) is 4.79 Å². The number of hydrogen-bond donors (Lipinski definition) is 2. The second-order valence-corrected chi connectivity index (χ2v) is 4.51. The first-order valence-corrected chi connectivity index (χ1v) is 6.22. The standard InChI is InChI=1S/C13H16N2O4/c16-12(15-4-1-9-3-6-19-8-9)10-2-5-14-11(7-10)13(17)18/h2,5,7,9H,1,3-4,6,8H2,(H,15,16)(H,17,18). The summed E-state index contributed by atoms with van der Waals surface area (Å²) in [6.45, 7) is 2.12. The monoisotopic (exact) mass is 264 g/mol. The lowest BCUT2D eigenvalue weighted by atomic mass is 10.1. The minimum Gasteiger partial charge on any atom is -0.477 e. The number of carboxylic acids is 1. The first kappa shape index (κ1) is 13.5. The van der Waals surface area contributed by atoms with Crippen molar-refractivity contribution in [2.45, 2.75) is 12.8 Å². The Morgan fingerprint density at radius 1 is 1.53 bits per heavy atom. The number of pyridine rings is 1. The van der Waals surface area contributed by atoms with E-state index in [9.17, 15) is 9.59 Å². The van der Waals surface area contributed by atoms with Crippen molar-refractivity contribution < 1.29 is 19.4 Å². The molecule has 1 aliphatic heterocycles. The number of carboxylic acid groups (broad SMARTS) is 1. The zero-order valence-corrected chi connectivity index (χ0v) is 10.5. The number of carbonyl (C=O) groups excluding carboxylic acids is 1. The molecule has 2 heterocycles. The molecule has 1 amide bonds. The second kappa shape index (κ2) is 6.29. The fraction of sp³-hybridized carbons (Fsp3) is 0.462. The van der Waals surface area contributed by atoms with Crippen LogP contribution < -0.4 is 5.32 Å². The summed E-state index contributed by atoms with van der Waals surface area (Å²) in [5.74, 6) is -0.908. The van der Waals surface area contributed by atoms with Crippen molar-refractivity contribution >= 4 is 11.9 Å². The quantitative estimate of drug-likeness (QED) is 0.826. The maximum atomic E-state index is 11.8. The van der Waals surface area contributed by atoms with Crippen LogP contribution in [0.4, 0.5) is 0 Å². The molecule has 2 N–H and O–H groups in total. The van der Waals surface area contributed by atoms with Gasteiger partial charge in [0.1, 0.15) is 5.69 Å². The lowest BCUT2D eigenvalue weighted by Crippen LogP contribution is -2.26. The third-order valence-electron chi connectivity index (χ3n) is 3.10. The molecule has 1 aliphatic rings. The summed E-state index contributed by atoms with van der Waals surface area (Å²) in [4.78, 5) is 26.3. The molecule has 0 spiro atoms. The van der Waals surface area contributed by atoms with Crippen LogP contribution in [0.15, 0.2) is 18.3 Å². The number of ether oxygens (including phenoxy) is 1. The smallest absolute Gasteiger partial charge is 0.354 e. The molecular formula is C13H16N2O4. The second-order valence-electron chi connectivity index (χ2n) is 4.51. The maximum Gasteiger partial charge on any atom is 0.354 e. The number of hydrogen-bond acceptors (Lipinski definition) is 4. The highest BCUT2D eigenvalue weighted by atomic mass is 16.5. The van der Waals surface area contributed by atoms with Crippen molar-refractivity contribution in [3.05, 3.63) is 29.6 Å². The largest absolute Gasteiger partial charge is 0.477 e. The fourth-order valence-corrected chi connectivity index (χ4v) is 1.99. The van der Waals surface area contributed by atoms with Gasteiger partial charge in [-0.15, -0.1) is 0 Å². The molecule has 1 atom stereocenters. The van der Waals surface area contributed by atoms with Crippen molar-refractivity contribution in [2.24, 2.45) is 5.92 Å². The van der Waals surface area contributed by atoms with Crippen molar-refractivity contribution in [2.75, 3.05) is 19.8 Å². The molecule has 6 nitrogen and oxygen atoms in total. The molecular weight excluding hydrogens is 248 g/mol. The van der Waals surface area contributed by atoms with Crippen molar-refractivity contribution in [3.8, 4) is 0 Å². The Hall–Kier alpha value is -1.95. The van der Waals surface area contributed by atoms with E-state index < -0.39 is 5.97 Å². The van der Waals surface area contributed by atoms with Gasteiger partial charge in [-0.1, -0.05) is 0 Å². The summed E-state index contributed by atoms with van der Waals surface area (Å²) in [6, 6.07) is 2.77. The van der Waals surface area contributed by atoms with Gasteiger partial charge in [0.25, 0.3) is 5.91 Å². The van der Waals surface area contributed by atoms with E-state index in [0.29, 0.717) is 18.0 Å². The molecule has 1 unspecified atom stereocenters. The number of rotatable bonds is 5. The van der Waals surface area contributed by atoms with Gasteiger partial charge >= 0.3 is 5.97 Å². The van der Waals surface area contributed by atoms with Gasteiger partial charge in [-0.25, -0.2) is 9.78 Å². The van der Waals surface area contributed by atoms with Gasteiger partial charge in [0.15, 0.2) is 0 Å². The Morgan fingerprint density at radius 3 is 3.05 bits per heavy atom. The topological polar surface area (TPSA) is 88.5 Å². The Labute approximate surface area is 110 Å². The first-order chi connectivity index (χ1) is 9.16. The van der Waals surface area contributed by atoms with Crippen molar-refractivity contribution in [1.82, 2.24) is 10.3 Å². The van der Waals surface area contributed by atoms with Crippen LogP contribution in [0.3, 0.4) is 0 Å². The van der Waals surface area contributed by atoms with E-state index in [1.807, 2.05) is 0 Å². The molecule has 0 saturated carbocycles. The third-order valence-corrected chi connectivity index (χ3v) is 3.10. The summed E-state index contributed by atoms with van der Waals surface area (Å²) in [5, 5.41) is 11.6. The normalized spacial score (nSPS) is 18.2. The highest BCUT2D eigenvalue weighted by Crippen LogP contribution is 2.15. The molecule has 1 aromatic heterocycles. The lowest BCUT2D eigenvalue weighted by molar-refractivity contribution is 0.0690. The van der Waals surface area contributed by atoms with Gasteiger partial charge in [0.2, 0.25) is 0 Å². The first-order valence-electron chi connectivity index (χ1n) is 6.22. The van der Waals surface area contributed by atoms with Crippen LogP contribution in [0.25, 0.3) is 0 Å². The molecule has 1 aromatic rings. The maximum absolute atomic E-state index is 11.8. The minimum absolute atomic E-state index is 0.128. The van der Waals surface area contributed by atoms with Crippen LogP contribution in [0.1, 0.15) is 33.7 Å². The Bertz CT molecular complexity index is 469. The molecule has 102 valence electrons. The summed E-state index contributed by atoms with van der Waals surface area (Å²) in [5.41, 5.74) is 0.187. The van der Waals surface area contributed by atoms with Crippen LogP contribution in [0.5, 0.6) is 0 Å². The van der Waals surface area contributed by atoms with E-state index in [4.69, 9.17) is 9.84 Å².